The first kappa shape index (κ1) is 19.6. The molecular formula is C27H24O3. The molecule has 0 aliphatic rings. The molecule has 3 heteroatoms. The van der Waals surface area contributed by atoms with Crippen LogP contribution in [0.5, 0.6) is 17.2 Å². The van der Waals surface area contributed by atoms with E-state index in [1.165, 1.54) is 0 Å². The lowest BCUT2D eigenvalue weighted by Crippen LogP contribution is -1.96. The summed E-state index contributed by atoms with van der Waals surface area (Å²) >= 11 is 0. The van der Waals surface area contributed by atoms with E-state index in [2.05, 4.69) is 6.07 Å². The minimum absolute atomic E-state index is 0.209. The van der Waals surface area contributed by atoms with Crippen molar-refractivity contribution in [2.75, 3.05) is 0 Å². The SMILES string of the molecule is Oc1ccccc1CCCc1cccc(-c2ccccc2O)c1-c1ccccc1O. The van der Waals surface area contributed by atoms with Gasteiger partial charge in [-0.2, -0.15) is 0 Å². The summed E-state index contributed by atoms with van der Waals surface area (Å²) in [6.45, 7) is 0. The van der Waals surface area contributed by atoms with Gasteiger partial charge in [-0.3, -0.25) is 0 Å². The van der Waals surface area contributed by atoms with Crippen LogP contribution in [0.1, 0.15) is 17.5 Å². The van der Waals surface area contributed by atoms with Crippen molar-refractivity contribution in [2.45, 2.75) is 19.3 Å². The number of benzene rings is 4. The van der Waals surface area contributed by atoms with Crippen LogP contribution in [-0.2, 0) is 12.8 Å². The van der Waals surface area contributed by atoms with E-state index < -0.39 is 0 Å². The zero-order valence-corrected chi connectivity index (χ0v) is 16.6. The molecular weight excluding hydrogens is 372 g/mol. The van der Waals surface area contributed by atoms with E-state index in [0.717, 1.165) is 52.6 Å². The van der Waals surface area contributed by atoms with Crippen molar-refractivity contribution in [3.63, 3.8) is 0 Å². The molecule has 0 atom stereocenters. The molecule has 0 unspecified atom stereocenters. The second-order valence-corrected chi connectivity index (χ2v) is 7.36. The van der Waals surface area contributed by atoms with Crippen LogP contribution >= 0.6 is 0 Å². The monoisotopic (exact) mass is 396 g/mol. The van der Waals surface area contributed by atoms with Gasteiger partial charge in [0.05, 0.1) is 0 Å². The van der Waals surface area contributed by atoms with Crippen LogP contribution in [0.25, 0.3) is 22.3 Å². The summed E-state index contributed by atoms with van der Waals surface area (Å²) in [6, 6.07) is 28.0. The van der Waals surface area contributed by atoms with E-state index in [1.54, 1.807) is 30.3 Å². The molecule has 0 saturated carbocycles. The van der Waals surface area contributed by atoms with Gasteiger partial charge in [0.1, 0.15) is 17.2 Å². The predicted molar refractivity (Wildman–Crippen MR) is 121 cm³/mol. The summed E-state index contributed by atoms with van der Waals surface area (Å²) in [6.07, 6.45) is 2.38. The summed E-state index contributed by atoms with van der Waals surface area (Å²) in [7, 11) is 0. The Morgan fingerprint density at radius 3 is 1.60 bits per heavy atom. The fourth-order valence-electron chi connectivity index (χ4n) is 3.93. The van der Waals surface area contributed by atoms with Gasteiger partial charge in [0, 0.05) is 11.1 Å². The highest BCUT2D eigenvalue weighted by molar-refractivity contribution is 5.90. The first-order chi connectivity index (χ1) is 14.6. The van der Waals surface area contributed by atoms with Crippen LogP contribution in [-0.4, -0.2) is 15.3 Å². The fraction of sp³-hybridized carbons (Fsp3) is 0.111. The van der Waals surface area contributed by atoms with E-state index in [-0.39, 0.29) is 11.5 Å². The Morgan fingerprint density at radius 2 is 0.933 bits per heavy atom. The number of hydrogen-bond donors (Lipinski definition) is 3. The third-order valence-electron chi connectivity index (χ3n) is 5.40. The molecule has 0 aromatic heterocycles. The second-order valence-electron chi connectivity index (χ2n) is 7.36. The van der Waals surface area contributed by atoms with E-state index in [0.29, 0.717) is 5.75 Å². The van der Waals surface area contributed by atoms with Crippen molar-refractivity contribution in [2.24, 2.45) is 0 Å². The van der Waals surface area contributed by atoms with Gasteiger partial charge in [-0.25, -0.2) is 0 Å². The predicted octanol–water partition coefficient (Wildman–Crippen LogP) is 6.31. The second kappa shape index (κ2) is 8.75. The van der Waals surface area contributed by atoms with E-state index in [1.807, 2.05) is 54.6 Å². The van der Waals surface area contributed by atoms with Crippen LogP contribution in [0.4, 0.5) is 0 Å². The molecule has 4 rings (SSSR count). The van der Waals surface area contributed by atoms with Crippen molar-refractivity contribution in [1.82, 2.24) is 0 Å². The summed E-state index contributed by atoms with van der Waals surface area (Å²) in [5.41, 5.74) is 5.31. The van der Waals surface area contributed by atoms with E-state index in [4.69, 9.17) is 0 Å². The zero-order chi connectivity index (χ0) is 20.9. The molecule has 0 amide bonds. The molecule has 150 valence electrons. The number of para-hydroxylation sites is 3. The molecule has 0 aliphatic carbocycles. The Labute approximate surface area is 176 Å². The van der Waals surface area contributed by atoms with Gasteiger partial charge in [-0.15, -0.1) is 0 Å². The van der Waals surface area contributed by atoms with Gasteiger partial charge in [0.25, 0.3) is 0 Å². The minimum atomic E-state index is 0.209. The lowest BCUT2D eigenvalue weighted by atomic mass is 9.87. The Balaban J connectivity index is 1.75. The topological polar surface area (TPSA) is 60.7 Å². The van der Waals surface area contributed by atoms with Crippen molar-refractivity contribution in [1.29, 1.82) is 0 Å². The van der Waals surface area contributed by atoms with E-state index >= 15 is 0 Å². The molecule has 0 saturated heterocycles. The van der Waals surface area contributed by atoms with Crippen LogP contribution in [0.3, 0.4) is 0 Å². The van der Waals surface area contributed by atoms with Gasteiger partial charge in [-0.05, 0) is 59.7 Å². The molecule has 0 heterocycles. The highest BCUT2D eigenvalue weighted by Crippen LogP contribution is 2.42. The molecule has 0 bridgehead atoms. The van der Waals surface area contributed by atoms with Gasteiger partial charge in [0.2, 0.25) is 0 Å². The Morgan fingerprint density at radius 1 is 0.433 bits per heavy atom. The molecule has 3 nitrogen and oxygen atoms in total. The lowest BCUT2D eigenvalue weighted by molar-refractivity contribution is 0.467. The molecule has 0 radical (unpaired) electrons. The van der Waals surface area contributed by atoms with Crippen molar-refractivity contribution in [3.05, 3.63) is 102 Å². The number of phenolic OH excluding ortho intramolecular Hbond substituents is 3. The first-order valence-corrected chi connectivity index (χ1v) is 10.1. The Bertz CT molecular complexity index is 1160. The molecule has 3 N–H and O–H groups in total. The maximum atomic E-state index is 10.6. The smallest absolute Gasteiger partial charge is 0.123 e. The molecule has 4 aromatic carbocycles. The van der Waals surface area contributed by atoms with Crippen molar-refractivity contribution < 1.29 is 15.3 Å². The molecule has 0 spiro atoms. The Kier molecular flexibility index (Phi) is 5.71. The van der Waals surface area contributed by atoms with Gasteiger partial charge in [-0.1, -0.05) is 72.8 Å². The first-order valence-electron chi connectivity index (χ1n) is 10.1. The summed E-state index contributed by atoms with van der Waals surface area (Å²) in [5.74, 6) is 0.740. The van der Waals surface area contributed by atoms with Gasteiger partial charge < -0.3 is 15.3 Å². The number of phenols is 3. The lowest BCUT2D eigenvalue weighted by Gasteiger charge is -2.17. The number of aromatic hydroxyl groups is 3. The molecule has 0 aliphatic heterocycles. The average Bonchev–Trinajstić information content (AvgIpc) is 2.76. The number of aryl methyl sites for hydroxylation is 2. The largest absolute Gasteiger partial charge is 0.508 e. The number of rotatable bonds is 6. The number of hydrogen-bond acceptors (Lipinski definition) is 3. The van der Waals surface area contributed by atoms with Crippen molar-refractivity contribution in [3.8, 4) is 39.5 Å². The highest BCUT2D eigenvalue weighted by Gasteiger charge is 2.17. The van der Waals surface area contributed by atoms with Gasteiger partial charge in [0.15, 0.2) is 0 Å². The Hall–Kier alpha value is -3.72. The fourth-order valence-corrected chi connectivity index (χ4v) is 3.93. The third kappa shape index (κ3) is 4.01. The van der Waals surface area contributed by atoms with E-state index in [9.17, 15) is 15.3 Å². The van der Waals surface area contributed by atoms with Crippen LogP contribution in [0, 0.1) is 0 Å². The zero-order valence-electron chi connectivity index (χ0n) is 16.6. The quantitative estimate of drug-likeness (QED) is 0.358. The van der Waals surface area contributed by atoms with Crippen LogP contribution in [0.15, 0.2) is 91.0 Å². The third-order valence-corrected chi connectivity index (χ3v) is 5.40. The molecule has 4 aromatic rings. The molecule has 0 fully saturated rings. The van der Waals surface area contributed by atoms with Crippen LogP contribution < -0.4 is 0 Å². The minimum Gasteiger partial charge on any atom is -0.508 e. The standard InChI is InChI=1S/C27H24O3/c28-24-16-4-1-9-19(24)10-7-11-20-12-8-15-22(21-13-2-5-17-25(21)29)27(20)23-14-3-6-18-26(23)30/h1-6,8-9,12-18,28-30H,7,10-11H2. The van der Waals surface area contributed by atoms with Crippen molar-refractivity contribution >= 4 is 0 Å². The highest BCUT2D eigenvalue weighted by atomic mass is 16.3. The summed E-state index contributed by atoms with van der Waals surface area (Å²) < 4.78 is 0. The normalized spacial score (nSPS) is 10.8. The maximum Gasteiger partial charge on any atom is 0.123 e. The van der Waals surface area contributed by atoms with Gasteiger partial charge >= 0.3 is 0 Å². The average molecular weight is 396 g/mol. The molecule has 30 heavy (non-hydrogen) atoms. The maximum absolute atomic E-state index is 10.6. The summed E-state index contributed by atoms with van der Waals surface area (Å²) in [4.78, 5) is 0. The summed E-state index contributed by atoms with van der Waals surface area (Å²) in [5, 5.41) is 31.1. The van der Waals surface area contributed by atoms with Crippen LogP contribution in [0.2, 0.25) is 0 Å².